The fraction of sp³-hybridized carbons (Fsp3) is 0.0435. The summed E-state index contributed by atoms with van der Waals surface area (Å²) in [6.45, 7) is 1.99. The molecule has 1 heterocycles. The number of thiocarbonyl (C=S) groups is 1. The summed E-state index contributed by atoms with van der Waals surface area (Å²) in [4.78, 5) is 27.6. The lowest BCUT2D eigenvalue weighted by Crippen LogP contribution is -2.27. The van der Waals surface area contributed by atoms with Gasteiger partial charge in [0.25, 0.3) is 11.6 Å². The molecule has 0 atom stereocenters. The number of carbonyl (C=O) groups excluding carboxylic acids is 1. The van der Waals surface area contributed by atoms with Gasteiger partial charge in [-0.3, -0.25) is 19.8 Å². The van der Waals surface area contributed by atoms with Gasteiger partial charge in [-0.25, -0.2) is 0 Å². The highest BCUT2D eigenvalue weighted by atomic mass is 79.9. The highest BCUT2D eigenvalue weighted by Crippen LogP contribution is 2.40. The van der Waals surface area contributed by atoms with Crippen LogP contribution in [0.4, 0.5) is 11.4 Å². The van der Waals surface area contributed by atoms with E-state index >= 15 is 0 Å². The minimum atomic E-state index is -0.414. The molecule has 0 bridgehead atoms. The Balaban J connectivity index is 1.63. The Morgan fingerprint density at radius 2 is 1.88 bits per heavy atom. The minimum Gasteiger partial charge on any atom is -0.268 e. The first kappa shape index (κ1) is 24.0. The van der Waals surface area contributed by atoms with Crippen molar-refractivity contribution in [2.24, 2.45) is 0 Å². The molecule has 4 rings (SSSR count). The summed E-state index contributed by atoms with van der Waals surface area (Å²) in [5.41, 5.74) is 2.20. The van der Waals surface area contributed by atoms with Crippen LogP contribution in [0.3, 0.4) is 0 Å². The van der Waals surface area contributed by atoms with Crippen LogP contribution in [0.5, 0.6) is 0 Å². The van der Waals surface area contributed by atoms with Crippen LogP contribution in [0.15, 0.2) is 79.8 Å². The van der Waals surface area contributed by atoms with Crippen LogP contribution in [-0.2, 0) is 4.79 Å². The topological polar surface area (TPSA) is 63.5 Å². The third kappa shape index (κ3) is 5.33. The van der Waals surface area contributed by atoms with Crippen molar-refractivity contribution in [1.29, 1.82) is 0 Å². The van der Waals surface area contributed by atoms with Crippen LogP contribution in [0.25, 0.3) is 6.08 Å². The fourth-order valence-electron chi connectivity index (χ4n) is 3.05. The number of aryl methyl sites for hydroxylation is 1. The Kier molecular flexibility index (Phi) is 7.25. The Labute approximate surface area is 217 Å². The van der Waals surface area contributed by atoms with Crippen molar-refractivity contribution in [3.05, 3.63) is 96.3 Å². The van der Waals surface area contributed by atoms with Gasteiger partial charge in [0.05, 0.1) is 25.4 Å². The van der Waals surface area contributed by atoms with Crippen LogP contribution < -0.4 is 4.90 Å². The monoisotopic (exact) mass is 576 g/mol. The molecule has 166 valence electrons. The summed E-state index contributed by atoms with van der Waals surface area (Å²) < 4.78 is 1.08. The molecule has 3 aromatic carbocycles. The van der Waals surface area contributed by atoms with E-state index < -0.39 is 4.92 Å². The van der Waals surface area contributed by atoms with Crippen molar-refractivity contribution in [1.82, 2.24) is 0 Å². The van der Waals surface area contributed by atoms with E-state index in [0.29, 0.717) is 34.9 Å². The van der Waals surface area contributed by atoms with E-state index in [2.05, 4.69) is 15.9 Å². The zero-order chi connectivity index (χ0) is 23.7. The largest absolute Gasteiger partial charge is 0.283 e. The number of amides is 1. The summed E-state index contributed by atoms with van der Waals surface area (Å²) in [5.74, 6) is -0.302. The molecular weight excluding hydrogens is 564 g/mol. The second-order valence-corrected chi connectivity index (χ2v) is 11.1. The SMILES string of the molecule is Cc1ccc(Sc2ccc(/C=C3\SC(=S)N(c4ccc(Br)c(Cl)c4)C3=O)cc2[N+](=O)[O-])cc1. The molecule has 0 N–H and O–H groups in total. The molecule has 5 nitrogen and oxygen atoms in total. The molecule has 0 saturated carbocycles. The molecule has 1 fully saturated rings. The number of nitrogens with zero attached hydrogens (tertiary/aromatic N) is 2. The number of nitro groups is 1. The smallest absolute Gasteiger partial charge is 0.268 e. The molecule has 3 aromatic rings. The normalized spacial score (nSPS) is 14.9. The lowest BCUT2D eigenvalue weighted by molar-refractivity contribution is -0.387. The predicted molar refractivity (Wildman–Crippen MR) is 143 cm³/mol. The lowest BCUT2D eigenvalue weighted by atomic mass is 10.2. The van der Waals surface area contributed by atoms with Crippen LogP contribution in [-0.4, -0.2) is 15.2 Å². The maximum Gasteiger partial charge on any atom is 0.283 e. The van der Waals surface area contributed by atoms with Crippen LogP contribution in [0.2, 0.25) is 5.02 Å². The Morgan fingerprint density at radius 1 is 1.15 bits per heavy atom. The molecule has 1 amide bonds. The molecule has 1 aliphatic heterocycles. The Bertz CT molecular complexity index is 1330. The van der Waals surface area contributed by atoms with Gasteiger partial charge in [0, 0.05) is 15.4 Å². The Morgan fingerprint density at radius 3 is 2.55 bits per heavy atom. The molecule has 0 radical (unpaired) electrons. The van der Waals surface area contributed by atoms with Crippen molar-refractivity contribution in [2.45, 2.75) is 16.7 Å². The number of rotatable bonds is 5. The van der Waals surface area contributed by atoms with E-state index in [-0.39, 0.29) is 11.6 Å². The first-order valence-electron chi connectivity index (χ1n) is 9.49. The van der Waals surface area contributed by atoms with Crippen molar-refractivity contribution in [2.75, 3.05) is 4.90 Å². The average molecular weight is 578 g/mol. The first-order valence-corrected chi connectivity index (χ1v) is 12.7. The summed E-state index contributed by atoms with van der Waals surface area (Å²) in [6.07, 6.45) is 1.62. The second kappa shape index (κ2) is 9.99. The summed E-state index contributed by atoms with van der Waals surface area (Å²) >= 11 is 17.4. The maximum absolute atomic E-state index is 13.0. The van der Waals surface area contributed by atoms with E-state index in [1.165, 1.54) is 22.7 Å². The number of hydrogen-bond acceptors (Lipinski definition) is 6. The summed E-state index contributed by atoms with van der Waals surface area (Å²) in [6, 6.07) is 17.8. The van der Waals surface area contributed by atoms with E-state index in [9.17, 15) is 14.9 Å². The van der Waals surface area contributed by atoms with Gasteiger partial charge >= 0.3 is 0 Å². The van der Waals surface area contributed by atoms with Gasteiger partial charge in [-0.05, 0) is 70.9 Å². The Hall–Kier alpha value is -2.17. The number of hydrogen-bond donors (Lipinski definition) is 0. The highest BCUT2D eigenvalue weighted by molar-refractivity contribution is 9.10. The first-order chi connectivity index (χ1) is 15.7. The minimum absolute atomic E-state index is 0.0236. The summed E-state index contributed by atoms with van der Waals surface area (Å²) in [5, 5.41) is 12.2. The van der Waals surface area contributed by atoms with Crippen molar-refractivity contribution in [3.63, 3.8) is 0 Å². The van der Waals surface area contributed by atoms with Crippen LogP contribution in [0, 0.1) is 17.0 Å². The quantitative estimate of drug-likeness (QED) is 0.133. The molecule has 10 heteroatoms. The van der Waals surface area contributed by atoms with Crippen LogP contribution >= 0.6 is 63.3 Å². The molecular formula is C23H14BrClN2O3S3. The van der Waals surface area contributed by atoms with Crippen molar-refractivity contribution >= 4 is 91.0 Å². The molecule has 0 unspecified atom stereocenters. The van der Waals surface area contributed by atoms with E-state index in [1.54, 1.807) is 36.4 Å². The van der Waals surface area contributed by atoms with Gasteiger partial charge in [-0.2, -0.15) is 0 Å². The predicted octanol–water partition coefficient (Wildman–Crippen LogP) is 7.88. The molecule has 1 saturated heterocycles. The number of halogens is 2. The third-order valence-corrected chi connectivity index (χ3v) is 8.29. The standard InChI is InChI=1S/C23H14BrClN2O3S3/c1-13-2-6-16(7-3-13)32-20-9-4-14(10-19(20)27(29)30)11-21-22(28)26(23(31)33-21)15-5-8-17(24)18(25)12-15/h2-12H,1H3/b21-11-. The van der Waals surface area contributed by atoms with Gasteiger partial charge in [0.15, 0.2) is 4.32 Å². The molecule has 0 aliphatic carbocycles. The van der Waals surface area contributed by atoms with Crippen molar-refractivity contribution in [3.8, 4) is 0 Å². The number of thioether (sulfide) groups is 1. The highest BCUT2D eigenvalue weighted by Gasteiger charge is 2.33. The lowest BCUT2D eigenvalue weighted by Gasteiger charge is -2.15. The van der Waals surface area contributed by atoms with Gasteiger partial charge in [-0.15, -0.1) is 0 Å². The number of anilines is 1. The zero-order valence-electron chi connectivity index (χ0n) is 17.0. The van der Waals surface area contributed by atoms with Crippen molar-refractivity contribution < 1.29 is 9.72 Å². The molecule has 33 heavy (non-hydrogen) atoms. The van der Waals surface area contributed by atoms with Crippen LogP contribution in [0.1, 0.15) is 11.1 Å². The fourth-order valence-corrected chi connectivity index (χ4v) is 5.67. The van der Waals surface area contributed by atoms with Gasteiger partial charge in [-0.1, -0.05) is 71.1 Å². The van der Waals surface area contributed by atoms with Gasteiger partial charge < -0.3 is 0 Å². The second-order valence-electron chi connectivity index (χ2n) is 7.01. The maximum atomic E-state index is 13.0. The molecule has 0 spiro atoms. The molecule has 0 aromatic heterocycles. The van der Waals surface area contributed by atoms with E-state index in [4.69, 9.17) is 23.8 Å². The number of carbonyl (C=O) groups is 1. The summed E-state index contributed by atoms with van der Waals surface area (Å²) in [7, 11) is 0. The molecule has 1 aliphatic rings. The third-order valence-electron chi connectivity index (χ3n) is 4.68. The zero-order valence-corrected chi connectivity index (χ0v) is 21.7. The van der Waals surface area contributed by atoms with Gasteiger partial charge in [0.1, 0.15) is 0 Å². The number of benzene rings is 3. The van der Waals surface area contributed by atoms with Gasteiger partial charge in [0.2, 0.25) is 0 Å². The van der Waals surface area contributed by atoms with E-state index in [1.807, 2.05) is 31.2 Å². The average Bonchev–Trinajstić information content (AvgIpc) is 3.05. The number of nitro benzene ring substituents is 1. The van der Waals surface area contributed by atoms with E-state index in [0.717, 1.165) is 22.2 Å².